The fourth-order valence-corrected chi connectivity index (χ4v) is 2.26. The minimum Gasteiger partial charge on any atom is -0.200 e. The van der Waals surface area contributed by atoms with Crippen molar-refractivity contribution >= 4 is 21.6 Å². The van der Waals surface area contributed by atoms with E-state index in [1.54, 1.807) is 11.5 Å². The summed E-state index contributed by atoms with van der Waals surface area (Å²) in [5, 5.41) is 1.27. The van der Waals surface area contributed by atoms with Crippen LogP contribution in [0.5, 0.6) is 0 Å². The highest BCUT2D eigenvalue weighted by Gasteiger charge is 2.02. The molecule has 2 heteroatoms. The molecular weight excluding hydrogens is 166 g/mol. The van der Waals surface area contributed by atoms with Crippen molar-refractivity contribution in [1.29, 1.82) is 0 Å². The summed E-state index contributed by atoms with van der Waals surface area (Å²) >= 11 is 1.59. The number of hydrogen-bond donors (Lipinski definition) is 0. The topological polar surface area (TPSA) is 12.9 Å². The Morgan fingerprint density at radius 2 is 2.25 bits per heavy atom. The third-order valence-corrected chi connectivity index (χ3v) is 3.20. The fraction of sp³-hybridized carbons (Fsp3) is 0.300. The van der Waals surface area contributed by atoms with Crippen LogP contribution in [0.25, 0.3) is 10.1 Å². The predicted octanol–water partition coefficient (Wildman–Crippen LogP) is 3.17. The zero-order valence-electron chi connectivity index (χ0n) is 7.29. The van der Waals surface area contributed by atoms with Gasteiger partial charge in [-0.25, -0.2) is 0 Å². The lowest BCUT2D eigenvalue weighted by molar-refractivity contribution is 1.12. The molecule has 12 heavy (non-hydrogen) atoms. The van der Waals surface area contributed by atoms with Crippen molar-refractivity contribution < 1.29 is 0 Å². The smallest absolute Gasteiger partial charge is 0.0581 e. The van der Waals surface area contributed by atoms with E-state index < -0.39 is 0 Å². The molecule has 0 atom stereocenters. The first-order chi connectivity index (χ1) is 5.83. The summed E-state index contributed by atoms with van der Waals surface area (Å²) < 4.78 is 5.52. The third-order valence-electron chi connectivity index (χ3n) is 2.27. The summed E-state index contributed by atoms with van der Waals surface area (Å²) in [7, 11) is 0. The highest BCUT2D eigenvalue weighted by molar-refractivity contribution is 7.13. The number of nitrogens with zero attached hydrogens (tertiary/aromatic N) is 1. The largest absolute Gasteiger partial charge is 0.200 e. The van der Waals surface area contributed by atoms with Crippen molar-refractivity contribution in [2.75, 3.05) is 0 Å². The van der Waals surface area contributed by atoms with Crippen LogP contribution in [0.1, 0.15) is 18.1 Å². The normalized spacial score (nSPS) is 10.8. The van der Waals surface area contributed by atoms with E-state index in [4.69, 9.17) is 0 Å². The second-order valence-electron chi connectivity index (χ2n) is 2.95. The minimum absolute atomic E-state index is 1.11. The lowest BCUT2D eigenvalue weighted by Crippen LogP contribution is -1.84. The molecule has 0 radical (unpaired) electrons. The Kier molecular flexibility index (Phi) is 1.85. The molecule has 0 amide bonds. The molecule has 0 unspecified atom stereocenters. The summed E-state index contributed by atoms with van der Waals surface area (Å²) in [5.74, 6) is 0. The van der Waals surface area contributed by atoms with Crippen molar-refractivity contribution in [3.05, 3.63) is 29.5 Å². The summed E-state index contributed by atoms with van der Waals surface area (Å²) in [6, 6.07) is 4.36. The number of aryl methyl sites for hydroxylation is 2. The van der Waals surface area contributed by atoms with E-state index in [0.717, 1.165) is 6.42 Å². The van der Waals surface area contributed by atoms with E-state index in [1.165, 1.54) is 21.2 Å². The predicted molar refractivity (Wildman–Crippen MR) is 53.7 cm³/mol. The van der Waals surface area contributed by atoms with Gasteiger partial charge in [-0.3, -0.25) is 0 Å². The Bertz CT molecular complexity index is 403. The molecule has 1 heterocycles. The van der Waals surface area contributed by atoms with Crippen molar-refractivity contribution in [2.24, 2.45) is 0 Å². The molecule has 0 spiro atoms. The van der Waals surface area contributed by atoms with Crippen LogP contribution in [0.4, 0.5) is 0 Å². The Balaban J connectivity index is 2.78. The Labute approximate surface area is 76.2 Å². The van der Waals surface area contributed by atoms with E-state index in [-0.39, 0.29) is 0 Å². The van der Waals surface area contributed by atoms with Crippen LogP contribution in [0, 0.1) is 6.92 Å². The number of rotatable bonds is 1. The van der Waals surface area contributed by atoms with Crippen LogP contribution in [0.3, 0.4) is 0 Å². The van der Waals surface area contributed by atoms with Gasteiger partial charge in [-0.2, -0.15) is 4.37 Å². The van der Waals surface area contributed by atoms with Gasteiger partial charge in [0.2, 0.25) is 0 Å². The van der Waals surface area contributed by atoms with E-state index in [1.807, 2.05) is 6.20 Å². The summed E-state index contributed by atoms with van der Waals surface area (Å²) in [6.45, 7) is 4.37. The average molecular weight is 177 g/mol. The van der Waals surface area contributed by atoms with E-state index in [0.29, 0.717) is 0 Å². The quantitative estimate of drug-likeness (QED) is 0.652. The lowest BCUT2D eigenvalue weighted by atomic mass is 10.1. The van der Waals surface area contributed by atoms with Crippen LogP contribution < -0.4 is 0 Å². The molecule has 0 aliphatic rings. The minimum atomic E-state index is 1.11. The van der Waals surface area contributed by atoms with Gasteiger partial charge in [0.1, 0.15) is 0 Å². The first kappa shape index (κ1) is 7.74. The van der Waals surface area contributed by atoms with Gasteiger partial charge >= 0.3 is 0 Å². The van der Waals surface area contributed by atoms with Crippen LogP contribution >= 0.6 is 11.5 Å². The van der Waals surface area contributed by atoms with Gasteiger partial charge < -0.3 is 0 Å². The highest BCUT2D eigenvalue weighted by Crippen LogP contribution is 2.24. The first-order valence-electron chi connectivity index (χ1n) is 4.15. The Hall–Kier alpha value is -0.890. The maximum absolute atomic E-state index is 4.18. The van der Waals surface area contributed by atoms with Crippen molar-refractivity contribution in [3.63, 3.8) is 0 Å². The average Bonchev–Trinajstić information content (AvgIpc) is 2.53. The lowest BCUT2D eigenvalue weighted by Gasteiger charge is -2.01. The molecule has 2 rings (SSSR count). The van der Waals surface area contributed by atoms with Crippen LogP contribution in [-0.2, 0) is 6.42 Å². The molecule has 1 nitrogen and oxygen atoms in total. The molecule has 0 bridgehead atoms. The van der Waals surface area contributed by atoms with E-state index >= 15 is 0 Å². The van der Waals surface area contributed by atoms with E-state index in [2.05, 4.69) is 30.4 Å². The first-order valence-corrected chi connectivity index (χ1v) is 4.93. The third kappa shape index (κ3) is 1.03. The highest BCUT2D eigenvalue weighted by atomic mass is 32.1. The number of benzene rings is 1. The molecule has 0 aliphatic heterocycles. The van der Waals surface area contributed by atoms with Gasteiger partial charge in [0, 0.05) is 11.6 Å². The second-order valence-corrected chi connectivity index (χ2v) is 3.75. The summed E-state index contributed by atoms with van der Waals surface area (Å²) in [4.78, 5) is 0. The van der Waals surface area contributed by atoms with Crippen LogP contribution in [-0.4, -0.2) is 4.37 Å². The molecule has 0 saturated carbocycles. The molecule has 0 saturated heterocycles. The Morgan fingerprint density at radius 3 is 3.00 bits per heavy atom. The van der Waals surface area contributed by atoms with Crippen molar-refractivity contribution in [1.82, 2.24) is 4.37 Å². The molecule has 1 aromatic heterocycles. The maximum Gasteiger partial charge on any atom is 0.0581 e. The molecule has 2 aromatic rings. The van der Waals surface area contributed by atoms with Gasteiger partial charge in [0.25, 0.3) is 0 Å². The monoisotopic (exact) mass is 177 g/mol. The fourth-order valence-electron chi connectivity index (χ4n) is 1.50. The number of fused-ring (bicyclic) bond motifs is 1. The van der Waals surface area contributed by atoms with Crippen LogP contribution in [0.2, 0.25) is 0 Å². The Morgan fingerprint density at radius 1 is 1.42 bits per heavy atom. The van der Waals surface area contributed by atoms with Crippen LogP contribution in [0.15, 0.2) is 18.3 Å². The molecule has 0 aliphatic carbocycles. The second kappa shape index (κ2) is 2.87. The van der Waals surface area contributed by atoms with Gasteiger partial charge in [-0.15, -0.1) is 0 Å². The zero-order chi connectivity index (χ0) is 8.55. The zero-order valence-corrected chi connectivity index (χ0v) is 8.11. The van der Waals surface area contributed by atoms with Gasteiger partial charge in [0.05, 0.1) is 4.70 Å². The van der Waals surface area contributed by atoms with Crippen molar-refractivity contribution in [2.45, 2.75) is 20.3 Å². The summed E-state index contributed by atoms with van der Waals surface area (Å²) in [6.07, 6.45) is 3.05. The molecular formula is C10H11NS. The summed E-state index contributed by atoms with van der Waals surface area (Å²) in [5.41, 5.74) is 2.84. The van der Waals surface area contributed by atoms with Gasteiger partial charge in [-0.1, -0.05) is 19.1 Å². The number of aromatic nitrogens is 1. The van der Waals surface area contributed by atoms with E-state index in [9.17, 15) is 0 Å². The molecule has 0 N–H and O–H groups in total. The SMILES string of the molecule is CCc1ccc2cnsc2c1C. The molecule has 0 fully saturated rings. The van der Waals surface area contributed by atoms with Gasteiger partial charge in [-0.05, 0) is 36.0 Å². The van der Waals surface area contributed by atoms with Gasteiger partial charge in [0.15, 0.2) is 0 Å². The molecule has 62 valence electrons. The molecule has 1 aromatic carbocycles. The standard InChI is InChI=1S/C10H11NS/c1-3-8-4-5-9-6-11-12-10(9)7(8)2/h4-6H,3H2,1-2H3. The van der Waals surface area contributed by atoms with Crippen molar-refractivity contribution in [3.8, 4) is 0 Å². The number of hydrogen-bond acceptors (Lipinski definition) is 2. The maximum atomic E-state index is 4.18.